The Labute approximate surface area is 140 Å². The van der Waals surface area contributed by atoms with E-state index in [2.05, 4.69) is 31.0 Å². The molecule has 2 aliphatic heterocycles. The van der Waals surface area contributed by atoms with E-state index in [0.29, 0.717) is 30.4 Å². The van der Waals surface area contributed by atoms with Crippen LogP contribution in [0.2, 0.25) is 0 Å². The van der Waals surface area contributed by atoms with E-state index in [9.17, 15) is 4.79 Å². The Hall–Kier alpha value is -0.650. The Morgan fingerprint density at radius 3 is 2.74 bits per heavy atom. The maximum absolute atomic E-state index is 12.5. The van der Waals surface area contributed by atoms with Gasteiger partial charge in [0.1, 0.15) is 0 Å². The predicted octanol–water partition coefficient (Wildman–Crippen LogP) is 1.33. The number of ether oxygens (including phenoxy) is 1. The molecule has 0 aromatic carbocycles. The van der Waals surface area contributed by atoms with Gasteiger partial charge in [0.2, 0.25) is 5.91 Å². The Morgan fingerprint density at radius 2 is 2.04 bits per heavy atom. The third-order valence-corrected chi connectivity index (χ3v) is 6.03. The van der Waals surface area contributed by atoms with Crippen LogP contribution >= 0.6 is 0 Å². The van der Waals surface area contributed by atoms with Crippen LogP contribution in [0.4, 0.5) is 0 Å². The van der Waals surface area contributed by atoms with Gasteiger partial charge in [0.05, 0.1) is 6.10 Å². The normalized spacial score (nSPS) is 32.7. The van der Waals surface area contributed by atoms with Crippen molar-refractivity contribution in [3.05, 3.63) is 0 Å². The average Bonchev–Trinajstić information content (AvgIpc) is 2.99. The summed E-state index contributed by atoms with van der Waals surface area (Å²) in [5.74, 6) is 0.995. The third kappa shape index (κ3) is 3.28. The van der Waals surface area contributed by atoms with Crippen LogP contribution in [0.3, 0.4) is 0 Å². The van der Waals surface area contributed by atoms with Gasteiger partial charge >= 0.3 is 0 Å². The number of hydrogen-bond donors (Lipinski definition) is 1. The first kappa shape index (κ1) is 17.2. The van der Waals surface area contributed by atoms with Gasteiger partial charge in [-0.1, -0.05) is 20.8 Å². The molecule has 0 aromatic rings. The zero-order valence-electron chi connectivity index (χ0n) is 15.0. The van der Waals surface area contributed by atoms with Crippen molar-refractivity contribution in [3.8, 4) is 0 Å². The summed E-state index contributed by atoms with van der Waals surface area (Å²) in [5.41, 5.74) is 0.217. The van der Waals surface area contributed by atoms with E-state index >= 15 is 0 Å². The molecule has 1 saturated carbocycles. The summed E-state index contributed by atoms with van der Waals surface area (Å²) in [6.45, 7) is 13.4. The topological polar surface area (TPSA) is 44.8 Å². The second-order valence-corrected chi connectivity index (χ2v) is 7.93. The Morgan fingerprint density at radius 1 is 1.30 bits per heavy atom. The van der Waals surface area contributed by atoms with E-state index < -0.39 is 0 Å². The van der Waals surface area contributed by atoms with Crippen molar-refractivity contribution < 1.29 is 9.53 Å². The molecule has 5 heteroatoms. The molecule has 3 rings (SSSR count). The number of nitrogens with one attached hydrogen (secondary N) is 1. The van der Waals surface area contributed by atoms with E-state index in [1.165, 1.54) is 6.42 Å². The number of nitrogens with zero attached hydrogens (tertiary/aromatic N) is 2. The summed E-state index contributed by atoms with van der Waals surface area (Å²) in [6.07, 6.45) is 3.41. The molecule has 2 heterocycles. The number of piperazine rings is 1. The average molecular weight is 323 g/mol. The first-order valence-electron chi connectivity index (χ1n) is 9.40. The number of rotatable bonds is 6. The second-order valence-electron chi connectivity index (χ2n) is 7.93. The highest BCUT2D eigenvalue weighted by atomic mass is 16.5. The molecular formula is C18H33N3O2. The lowest BCUT2D eigenvalue weighted by Gasteiger charge is -2.58. The lowest BCUT2D eigenvalue weighted by Crippen LogP contribution is -2.67. The number of carbonyl (C=O) groups is 1. The van der Waals surface area contributed by atoms with Crippen LogP contribution in [0.15, 0.2) is 0 Å². The van der Waals surface area contributed by atoms with E-state index in [1.807, 2.05) is 4.90 Å². The van der Waals surface area contributed by atoms with Crippen molar-refractivity contribution in [3.63, 3.8) is 0 Å². The van der Waals surface area contributed by atoms with Crippen molar-refractivity contribution >= 4 is 5.91 Å². The van der Waals surface area contributed by atoms with Gasteiger partial charge in [-0.25, -0.2) is 0 Å². The first-order valence-corrected chi connectivity index (χ1v) is 9.40. The third-order valence-electron chi connectivity index (χ3n) is 6.03. The summed E-state index contributed by atoms with van der Waals surface area (Å²) in [7, 11) is 0. The monoisotopic (exact) mass is 323 g/mol. The lowest BCUT2D eigenvalue weighted by atomic mass is 9.56. The predicted molar refractivity (Wildman–Crippen MR) is 91.3 cm³/mol. The number of amides is 1. The summed E-state index contributed by atoms with van der Waals surface area (Å²) in [6, 6.07) is 0.575. The van der Waals surface area contributed by atoms with Crippen LogP contribution in [0.5, 0.6) is 0 Å². The van der Waals surface area contributed by atoms with Gasteiger partial charge < -0.3 is 15.0 Å². The van der Waals surface area contributed by atoms with Gasteiger partial charge in [0.15, 0.2) is 0 Å². The number of carbonyl (C=O) groups excluding carboxylic acids is 1. The van der Waals surface area contributed by atoms with Gasteiger partial charge in [-0.05, 0) is 19.4 Å². The number of fused-ring (bicyclic) bond motifs is 1. The van der Waals surface area contributed by atoms with Gasteiger partial charge in [0, 0.05) is 63.1 Å². The molecule has 3 atom stereocenters. The summed E-state index contributed by atoms with van der Waals surface area (Å²) in [5, 5.41) is 3.31. The molecule has 0 radical (unpaired) electrons. The van der Waals surface area contributed by atoms with Crippen LogP contribution in [0.1, 0.15) is 40.0 Å². The van der Waals surface area contributed by atoms with E-state index in [4.69, 9.17) is 4.74 Å². The van der Waals surface area contributed by atoms with Crippen molar-refractivity contribution in [2.45, 2.75) is 52.2 Å². The summed E-state index contributed by atoms with van der Waals surface area (Å²) in [4.78, 5) is 17.1. The summed E-state index contributed by atoms with van der Waals surface area (Å²) < 4.78 is 5.94. The minimum Gasteiger partial charge on any atom is -0.377 e. The lowest BCUT2D eigenvalue weighted by molar-refractivity contribution is -0.157. The smallest absolute Gasteiger partial charge is 0.223 e. The maximum Gasteiger partial charge on any atom is 0.223 e. The molecule has 1 aliphatic carbocycles. The Kier molecular flexibility index (Phi) is 5.29. The van der Waals surface area contributed by atoms with Gasteiger partial charge in [-0.3, -0.25) is 9.69 Å². The fourth-order valence-electron chi connectivity index (χ4n) is 5.03. The molecule has 23 heavy (non-hydrogen) atoms. The molecule has 3 unspecified atom stereocenters. The van der Waals surface area contributed by atoms with Crippen molar-refractivity contribution in [2.24, 2.45) is 11.3 Å². The molecule has 5 nitrogen and oxygen atoms in total. The van der Waals surface area contributed by atoms with E-state index in [1.54, 1.807) is 0 Å². The molecule has 3 fully saturated rings. The Balaban J connectivity index is 1.57. The molecule has 1 amide bonds. The van der Waals surface area contributed by atoms with Crippen molar-refractivity contribution in [2.75, 3.05) is 45.9 Å². The van der Waals surface area contributed by atoms with E-state index in [-0.39, 0.29) is 5.41 Å². The minimum atomic E-state index is 0.217. The molecule has 1 N–H and O–H groups in total. The zero-order valence-corrected chi connectivity index (χ0v) is 15.0. The standard InChI is InChI=1S/C18H33N3O2/c1-4-9-21(10-5-15(22)20-11-7-19-8-12-20)16-14-6-13-23-17(14)18(16,2)3/h14,16-17,19H,4-13H2,1-3H3. The fraction of sp³-hybridized carbons (Fsp3) is 0.944. The minimum absolute atomic E-state index is 0.217. The highest BCUT2D eigenvalue weighted by molar-refractivity contribution is 5.76. The molecular weight excluding hydrogens is 290 g/mol. The maximum atomic E-state index is 12.5. The molecule has 132 valence electrons. The highest BCUT2D eigenvalue weighted by Crippen LogP contribution is 2.54. The number of hydrogen-bond acceptors (Lipinski definition) is 4. The molecule has 2 saturated heterocycles. The first-order chi connectivity index (χ1) is 11.1. The van der Waals surface area contributed by atoms with Crippen LogP contribution in [-0.2, 0) is 9.53 Å². The highest BCUT2D eigenvalue weighted by Gasteiger charge is 2.60. The van der Waals surface area contributed by atoms with Crippen LogP contribution in [0.25, 0.3) is 0 Å². The molecule has 3 aliphatic rings. The molecule has 0 aromatic heterocycles. The van der Waals surface area contributed by atoms with E-state index in [0.717, 1.165) is 52.3 Å². The molecule has 0 bridgehead atoms. The SMILES string of the molecule is CCCN(CCC(=O)N1CCNCC1)C1C2CCOC2C1(C)C. The fourth-order valence-corrected chi connectivity index (χ4v) is 5.03. The van der Waals surface area contributed by atoms with Gasteiger partial charge in [0.25, 0.3) is 0 Å². The second kappa shape index (κ2) is 7.08. The zero-order chi connectivity index (χ0) is 16.4. The quantitative estimate of drug-likeness (QED) is 0.801. The summed E-state index contributed by atoms with van der Waals surface area (Å²) >= 11 is 0. The van der Waals surface area contributed by atoms with Gasteiger partial charge in [-0.15, -0.1) is 0 Å². The van der Waals surface area contributed by atoms with Gasteiger partial charge in [-0.2, -0.15) is 0 Å². The Bertz CT molecular complexity index is 420. The van der Waals surface area contributed by atoms with Crippen LogP contribution in [0, 0.1) is 11.3 Å². The van der Waals surface area contributed by atoms with Crippen molar-refractivity contribution in [1.29, 1.82) is 0 Å². The van der Waals surface area contributed by atoms with Crippen molar-refractivity contribution in [1.82, 2.24) is 15.1 Å². The molecule has 0 spiro atoms. The van der Waals surface area contributed by atoms with Crippen LogP contribution < -0.4 is 5.32 Å². The van der Waals surface area contributed by atoms with Crippen LogP contribution in [-0.4, -0.2) is 73.7 Å². The largest absolute Gasteiger partial charge is 0.377 e.